The van der Waals surface area contributed by atoms with Crippen LogP contribution in [-0.4, -0.2) is 8.07 Å². The minimum absolute atomic E-state index is 0.738. The molecule has 3 heteroatoms. The van der Waals surface area contributed by atoms with Gasteiger partial charge in [-0.25, -0.2) is 0 Å². The molecule has 2 aromatic carbocycles. The van der Waals surface area contributed by atoms with Gasteiger partial charge < -0.3 is 0 Å². The van der Waals surface area contributed by atoms with Gasteiger partial charge in [0.1, 0.15) is 8.07 Å². The van der Waals surface area contributed by atoms with Gasteiger partial charge in [0.2, 0.25) is 0 Å². The Bertz CT molecular complexity index is 636. The molecule has 0 bridgehead atoms. The van der Waals surface area contributed by atoms with Crippen molar-refractivity contribution in [3.8, 4) is 0 Å². The zero-order valence-electron chi connectivity index (χ0n) is 11.5. The van der Waals surface area contributed by atoms with Gasteiger partial charge in [-0.1, -0.05) is 83.9 Å². The Morgan fingerprint density at radius 1 is 1.00 bits per heavy atom. The molecular weight excluding hydrogens is 303 g/mol. The summed E-state index contributed by atoms with van der Waals surface area (Å²) in [6.45, 7) is 4.61. The highest BCUT2D eigenvalue weighted by atomic mass is 35.5. The van der Waals surface area contributed by atoms with Crippen molar-refractivity contribution in [2.75, 3.05) is 0 Å². The minimum Gasteiger partial charge on any atom is -0.109 e. The molecule has 0 saturated heterocycles. The third-order valence-corrected chi connectivity index (χ3v) is 7.27. The van der Waals surface area contributed by atoms with E-state index in [1.807, 2.05) is 30.3 Å². The molecule has 0 atom stereocenters. The SMILES string of the molecule is C[Si](C)(C(=C=CCl)c1ccc(Cl)cc1)c1ccccc1. The maximum atomic E-state index is 5.97. The Morgan fingerprint density at radius 2 is 1.60 bits per heavy atom. The number of hydrogen-bond donors (Lipinski definition) is 0. The Balaban J connectivity index is 2.55. The zero-order valence-corrected chi connectivity index (χ0v) is 14.0. The summed E-state index contributed by atoms with van der Waals surface area (Å²) in [5, 5.41) is 3.27. The van der Waals surface area contributed by atoms with Crippen molar-refractivity contribution in [3.63, 3.8) is 0 Å². The molecule has 20 heavy (non-hydrogen) atoms. The van der Waals surface area contributed by atoms with Gasteiger partial charge in [-0.2, -0.15) is 0 Å². The van der Waals surface area contributed by atoms with E-state index in [4.69, 9.17) is 23.2 Å². The van der Waals surface area contributed by atoms with Crippen LogP contribution in [0.5, 0.6) is 0 Å². The van der Waals surface area contributed by atoms with Gasteiger partial charge in [-0.15, -0.1) is 5.73 Å². The molecule has 0 radical (unpaired) electrons. The second kappa shape index (κ2) is 6.47. The highest BCUT2D eigenvalue weighted by molar-refractivity contribution is 7.04. The average Bonchev–Trinajstić information content (AvgIpc) is 2.47. The molecule has 0 aromatic heterocycles. The summed E-state index contributed by atoms with van der Waals surface area (Å²) in [7, 11) is -1.84. The average molecular weight is 319 g/mol. The van der Waals surface area contributed by atoms with Crippen molar-refractivity contribution >= 4 is 41.7 Å². The van der Waals surface area contributed by atoms with Crippen molar-refractivity contribution in [1.29, 1.82) is 0 Å². The molecule has 0 aliphatic carbocycles. The lowest BCUT2D eigenvalue weighted by Crippen LogP contribution is -2.42. The fourth-order valence-corrected chi connectivity index (χ4v) is 5.26. The summed E-state index contributed by atoms with van der Waals surface area (Å²) >= 11 is 11.8. The molecule has 0 nitrogen and oxygen atoms in total. The van der Waals surface area contributed by atoms with Crippen LogP contribution < -0.4 is 5.19 Å². The van der Waals surface area contributed by atoms with E-state index in [1.165, 1.54) is 15.9 Å². The second-order valence-electron chi connectivity index (χ2n) is 5.13. The summed E-state index contributed by atoms with van der Waals surface area (Å²) in [4.78, 5) is 0. The van der Waals surface area contributed by atoms with Crippen LogP contribution in [0, 0.1) is 0 Å². The smallest absolute Gasteiger partial charge is 0.109 e. The summed E-state index contributed by atoms with van der Waals surface area (Å²) in [6.07, 6.45) is 0. The van der Waals surface area contributed by atoms with Gasteiger partial charge >= 0.3 is 0 Å². The fraction of sp³-hybridized carbons (Fsp3) is 0.118. The lowest BCUT2D eigenvalue weighted by atomic mass is 10.2. The van der Waals surface area contributed by atoms with Crippen LogP contribution in [0.15, 0.2) is 65.9 Å². The molecule has 0 heterocycles. The molecule has 0 fully saturated rings. The first kappa shape index (κ1) is 15.2. The molecule has 0 aliphatic rings. The number of benzene rings is 2. The molecule has 0 N–H and O–H groups in total. The Hall–Kier alpha value is -1.24. The molecular formula is C17H16Cl2Si. The molecule has 102 valence electrons. The quantitative estimate of drug-likeness (QED) is 0.537. The summed E-state index contributed by atoms with van der Waals surface area (Å²) in [6, 6.07) is 18.4. The molecule has 2 aromatic rings. The van der Waals surface area contributed by atoms with Gasteiger partial charge in [0, 0.05) is 10.6 Å². The van der Waals surface area contributed by atoms with E-state index < -0.39 is 8.07 Å². The van der Waals surface area contributed by atoms with E-state index in [0.717, 1.165) is 10.6 Å². The van der Waals surface area contributed by atoms with Crippen LogP contribution in [-0.2, 0) is 0 Å². The van der Waals surface area contributed by atoms with E-state index in [-0.39, 0.29) is 0 Å². The predicted molar refractivity (Wildman–Crippen MR) is 92.4 cm³/mol. The van der Waals surface area contributed by atoms with Crippen LogP contribution in [0.25, 0.3) is 5.20 Å². The van der Waals surface area contributed by atoms with Crippen LogP contribution >= 0.6 is 23.2 Å². The van der Waals surface area contributed by atoms with E-state index in [9.17, 15) is 0 Å². The molecule has 0 amide bonds. The highest BCUT2D eigenvalue weighted by Crippen LogP contribution is 2.26. The van der Waals surface area contributed by atoms with Gasteiger partial charge in [-0.3, -0.25) is 0 Å². The van der Waals surface area contributed by atoms with E-state index >= 15 is 0 Å². The maximum Gasteiger partial charge on any atom is 0.122 e. The Labute approximate surface area is 131 Å². The van der Waals surface area contributed by atoms with Crippen molar-refractivity contribution in [2.24, 2.45) is 0 Å². The minimum atomic E-state index is -1.84. The molecule has 0 saturated carbocycles. The summed E-state index contributed by atoms with van der Waals surface area (Å²) < 4.78 is 0. The Morgan fingerprint density at radius 3 is 2.15 bits per heavy atom. The first-order valence-corrected chi connectivity index (χ1v) is 10.2. The first-order valence-electron chi connectivity index (χ1n) is 6.43. The predicted octanol–water partition coefficient (Wildman–Crippen LogP) is 5.23. The lowest BCUT2D eigenvalue weighted by Gasteiger charge is -2.25. The number of hydrogen-bond acceptors (Lipinski definition) is 0. The molecule has 0 unspecified atom stereocenters. The summed E-state index contributed by atoms with van der Waals surface area (Å²) in [5.74, 6) is 0. The van der Waals surface area contributed by atoms with E-state index in [0.29, 0.717) is 0 Å². The normalized spacial score (nSPS) is 10.8. The van der Waals surface area contributed by atoms with Crippen LogP contribution in [0.1, 0.15) is 5.56 Å². The standard InChI is InChI=1S/C17H16Cl2Si/c1-20(2,16-6-4-3-5-7-16)17(12-13-18)14-8-10-15(19)11-9-14/h3-11,13H,1-2H3. The third-order valence-electron chi connectivity index (χ3n) is 3.45. The van der Waals surface area contributed by atoms with Crippen LogP contribution in [0.3, 0.4) is 0 Å². The van der Waals surface area contributed by atoms with Gasteiger partial charge in [0.05, 0.1) is 0 Å². The monoisotopic (exact) mass is 318 g/mol. The largest absolute Gasteiger partial charge is 0.122 e. The van der Waals surface area contributed by atoms with Gasteiger partial charge in [0.25, 0.3) is 0 Å². The number of halogens is 2. The topological polar surface area (TPSA) is 0 Å². The van der Waals surface area contributed by atoms with Gasteiger partial charge in [0.15, 0.2) is 0 Å². The van der Waals surface area contributed by atoms with Crippen molar-refractivity contribution in [1.82, 2.24) is 0 Å². The van der Waals surface area contributed by atoms with Gasteiger partial charge in [-0.05, 0) is 22.9 Å². The third kappa shape index (κ3) is 3.25. The lowest BCUT2D eigenvalue weighted by molar-refractivity contribution is 1.62. The van der Waals surface area contributed by atoms with Crippen LogP contribution in [0.4, 0.5) is 0 Å². The fourth-order valence-electron chi connectivity index (χ4n) is 2.29. The Kier molecular flexibility index (Phi) is 4.90. The molecule has 0 aliphatic heterocycles. The number of rotatable bonds is 3. The highest BCUT2D eigenvalue weighted by Gasteiger charge is 2.29. The van der Waals surface area contributed by atoms with Crippen molar-refractivity contribution in [3.05, 3.63) is 76.4 Å². The van der Waals surface area contributed by atoms with Crippen molar-refractivity contribution in [2.45, 2.75) is 13.1 Å². The van der Waals surface area contributed by atoms with E-state index in [1.54, 1.807) is 0 Å². The van der Waals surface area contributed by atoms with Crippen LogP contribution in [0.2, 0.25) is 18.1 Å². The molecule has 2 rings (SSSR count). The maximum absolute atomic E-state index is 5.97. The van der Waals surface area contributed by atoms with Crippen molar-refractivity contribution < 1.29 is 0 Å². The molecule has 0 spiro atoms. The second-order valence-corrected chi connectivity index (χ2v) is 10.1. The van der Waals surface area contributed by atoms with E-state index in [2.05, 4.69) is 43.1 Å². The first-order chi connectivity index (χ1) is 9.55. The summed E-state index contributed by atoms with van der Waals surface area (Å²) in [5.41, 5.74) is 5.84. The zero-order chi connectivity index (χ0) is 14.6.